The highest BCUT2D eigenvalue weighted by molar-refractivity contribution is 9.10. The molecule has 5 nitrogen and oxygen atoms in total. The summed E-state index contributed by atoms with van der Waals surface area (Å²) in [5.74, 6) is 0.271. The van der Waals surface area contributed by atoms with Crippen molar-refractivity contribution < 1.29 is 9.53 Å². The van der Waals surface area contributed by atoms with Crippen molar-refractivity contribution in [3.8, 4) is 5.75 Å². The van der Waals surface area contributed by atoms with Gasteiger partial charge in [0.25, 0.3) is 5.91 Å². The van der Waals surface area contributed by atoms with Crippen LogP contribution in [0.1, 0.15) is 21.5 Å². The average Bonchev–Trinajstić information content (AvgIpc) is 2.69. The van der Waals surface area contributed by atoms with Gasteiger partial charge in [0, 0.05) is 21.3 Å². The summed E-state index contributed by atoms with van der Waals surface area (Å²) in [5.41, 5.74) is 10.6. The van der Waals surface area contributed by atoms with Crippen LogP contribution in [0.15, 0.2) is 70.2 Å². The molecule has 3 N–H and O–H groups in total. The first-order valence-electron chi connectivity index (χ1n) is 8.48. The fourth-order valence-corrected chi connectivity index (χ4v) is 3.41. The van der Waals surface area contributed by atoms with Crippen LogP contribution in [-0.4, -0.2) is 12.1 Å². The molecule has 0 aromatic heterocycles. The summed E-state index contributed by atoms with van der Waals surface area (Å²) in [4.78, 5) is 12.1. The third-order valence-corrected chi connectivity index (χ3v) is 5.15. The van der Waals surface area contributed by atoms with Gasteiger partial charge in [-0.1, -0.05) is 41.4 Å². The maximum atomic E-state index is 12.1. The van der Waals surface area contributed by atoms with Crippen LogP contribution in [0.4, 0.5) is 5.69 Å². The minimum atomic E-state index is -0.377. The van der Waals surface area contributed by atoms with E-state index in [4.69, 9.17) is 33.7 Å². The van der Waals surface area contributed by atoms with Gasteiger partial charge in [0.2, 0.25) is 0 Å². The molecule has 1 amide bonds. The predicted octanol–water partition coefficient (Wildman–Crippen LogP) is 5.68. The molecular formula is C21H16BrCl2N3O2. The van der Waals surface area contributed by atoms with E-state index in [9.17, 15) is 4.79 Å². The number of hydrogen-bond donors (Lipinski definition) is 2. The number of para-hydroxylation sites is 1. The Balaban J connectivity index is 1.61. The second-order valence-electron chi connectivity index (χ2n) is 6.00. The minimum Gasteiger partial charge on any atom is -0.488 e. The van der Waals surface area contributed by atoms with E-state index in [0.717, 1.165) is 15.6 Å². The summed E-state index contributed by atoms with van der Waals surface area (Å²) in [6.45, 7) is 0.302. The third-order valence-electron chi connectivity index (χ3n) is 3.94. The maximum Gasteiger partial charge on any atom is 0.273 e. The van der Waals surface area contributed by atoms with Gasteiger partial charge in [-0.2, -0.15) is 5.10 Å². The standard InChI is InChI=1S/C21H16BrCl2N3O2/c22-17-9-13(11-26-27-21(28)16-3-1-2-4-19(16)25)5-8-20(17)29-12-14-6-7-15(23)10-18(14)24/h1-11H,12,25H2,(H,27,28)/b26-11+. The number of carbonyl (C=O) groups excluding carboxylic acids is 1. The smallest absolute Gasteiger partial charge is 0.273 e. The predicted molar refractivity (Wildman–Crippen MR) is 121 cm³/mol. The number of rotatable bonds is 6. The molecule has 0 saturated carbocycles. The zero-order valence-corrected chi connectivity index (χ0v) is 18.1. The molecular weight excluding hydrogens is 477 g/mol. The Labute approximate surface area is 186 Å². The first kappa shape index (κ1) is 21.2. The molecule has 0 aliphatic rings. The zero-order valence-electron chi connectivity index (χ0n) is 15.0. The number of halogens is 3. The average molecular weight is 493 g/mol. The molecule has 148 valence electrons. The topological polar surface area (TPSA) is 76.7 Å². The molecule has 3 aromatic rings. The Morgan fingerprint density at radius 3 is 2.66 bits per heavy atom. The second kappa shape index (κ2) is 9.78. The van der Waals surface area contributed by atoms with Gasteiger partial charge in [-0.25, -0.2) is 5.43 Å². The summed E-state index contributed by atoms with van der Waals surface area (Å²) in [7, 11) is 0. The van der Waals surface area contributed by atoms with E-state index in [-0.39, 0.29) is 5.91 Å². The summed E-state index contributed by atoms with van der Waals surface area (Å²) < 4.78 is 6.55. The number of ether oxygens (including phenoxy) is 1. The van der Waals surface area contributed by atoms with E-state index >= 15 is 0 Å². The first-order valence-corrected chi connectivity index (χ1v) is 10.0. The lowest BCUT2D eigenvalue weighted by molar-refractivity contribution is 0.0956. The van der Waals surface area contributed by atoms with Crippen LogP contribution in [0.5, 0.6) is 5.75 Å². The van der Waals surface area contributed by atoms with Crippen molar-refractivity contribution >= 4 is 56.9 Å². The van der Waals surface area contributed by atoms with Gasteiger partial charge in [0.1, 0.15) is 12.4 Å². The van der Waals surface area contributed by atoms with E-state index < -0.39 is 0 Å². The van der Waals surface area contributed by atoms with Crippen LogP contribution >= 0.6 is 39.1 Å². The number of anilines is 1. The van der Waals surface area contributed by atoms with Crippen molar-refractivity contribution in [2.75, 3.05) is 5.73 Å². The molecule has 0 atom stereocenters. The molecule has 29 heavy (non-hydrogen) atoms. The zero-order chi connectivity index (χ0) is 20.8. The molecule has 0 aliphatic carbocycles. The molecule has 0 bridgehead atoms. The third kappa shape index (κ3) is 5.73. The van der Waals surface area contributed by atoms with Crippen LogP contribution in [0.2, 0.25) is 10.0 Å². The van der Waals surface area contributed by atoms with Crippen molar-refractivity contribution in [3.05, 3.63) is 91.9 Å². The van der Waals surface area contributed by atoms with Gasteiger partial charge < -0.3 is 10.5 Å². The van der Waals surface area contributed by atoms with Crippen molar-refractivity contribution in [3.63, 3.8) is 0 Å². The van der Waals surface area contributed by atoms with Gasteiger partial charge in [-0.05, 0) is 64.0 Å². The van der Waals surface area contributed by atoms with Crippen LogP contribution in [0, 0.1) is 0 Å². The fourth-order valence-electron chi connectivity index (χ4n) is 2.44. The van der Waals surface area contributed by atoms with Crippen LogP contribution in [0.25, 0.3) is 0 Å². The van der Waals surface area contributed by atoms with Crippen LogP contribution in [-0.2, 0) is 6.61 Å². The maximum absolute atomic E-state index is 12.1. The van der Waals surface area contributed by atoms with E-state index in [2.05, 4.69) is 26.5 Å². The first-order chi connectivity index (χ1) is 13.9. The fraction of sp³-hybridized carbons (Fsp3) is 0.0476. The van der Waals surface area contributed by atoms with Gasteiger partial charge in [-0.15, -0.1) is 0 Å². The highest BCUT2D eigenvalue weighted by Gasteiger charge is 2.08. The molecule has 0 radical (unpaired) electrons. The Hall–Kier alpha value is -2.54. The molecule has 3 aromatic carbocycles. The van der Waals surface area contributed by atoms with Gasteiger partial charge in [-0.3, -0.25) is 4.79 Å². The van der Waals surface area contributed by atoms with Crippen molar-refractivity contribution in [1.82, 2.24) is 5.43 Å². The summed E-state index contributed by atoms with van der Waals surface area (Å²) in [5, 5.41) is 5.09. The summed E-state index contributed by atoms with van der Waals surface area (Å²) >= 11 is 15.5. The number of hydrazone groups is 1. The molecule has 0 aliphatic heterocycles. The Kier molecular flexibility index (Phi) is 7.14. The molecule has 0 spiro atoms. The highest BCUT2D eigenvalue weighted by atomic mass is 79.9. The number of nitrogens with two attached hydrogens (primary N) is 1. The molecule has 0 fully saturated rings. The van der Waals surface area contributed by atoms with E-state index in [1.54, 1.807) is 42.5 Å². The second-order valence-corrected chi connectivity index (χ2v) is 7.70. The molecule has 0 saturated heterocycles. The van der Waals surface area contributed by atoms with Gasteiger partial charge >= 0.3 is 0 Å². The number of hydrogen-bond acceptors (Lipinski definition) is 4. The molecule has 3 rings (SSSR count). The van der Waals surface area contributed by atoms with Crippen molar-refractivity contribution in [2.45, 2.75) is 6.61 Å². The van der Waals surface area contributed by atoms with Crippen LogP contribution < -0.4 is 15.9 Å². The van der Waals surface area contributed by atoms with E-state index in [1.165, 1.54) is 6.21 Å². The minimum absolute atomic E-state index is 0.302. The van der Waals surface area contributed by atoms with Crippen LogP contribution in [0.3, 0.4) is 0 Å². The monoisotopic (exact) mass is 491 g/mol. The number of nitrogen functional groups attached to an aromatic ring is 1. The van der Waals surface area contributed by atoms with Crippen molar-refractivity contribution in [2.24, 2.45) is 5.10 Å². The number of nitrogens with zero attached hydrogens (tertiary/aromatic N) is 1. The number of nitrogens with one attached hydrogen (secondary N) is 1. The summed E-state index contributed by atoms with van der Waals surface area (Å²) in [6, 6.07) is 17.5. The van der Waals surface area contributed by atoms with Gasteiger partial charge in [0.05, 0.1) is 16.3 Å². The number of amides is 1. The number of carbonyl (C=O) groups is 1. The lowest BCUT2D eigenvalue weighted by Gasteiger charge is -2.10. The Bertz CT molecular complexity index is 1070. The lowest BCUT2D eigenvalue weighted by Crippen LogP contribution is -2.18. The SMILES string of the molecule is Nc1ccccc1C(=O)N/N=C/c1ccc(OCc2ccc(Cl)cc2Cl)c(Br)c1. The van der Waals surface area contributed by atoms with E-state index in [0.29, 0.717) is 33.7 Å². The Morgan fingerprint density at radius 2 is 1.93 bits per heavy atom. The Morgan fingerprint density at radius 1 is 1.14 bits per heavy atom. The quantitative estimate of drug-likeness (QED) is 0.264. The van der Waals surface area contributed by atoms with Gasteiger partial charge in [0.15, 0.2) is 0 Å². The largest absolute Gasteiger partial charge is 0.488 e. The van der Waals surface area contributed by atoms with E-state index in [1.807, 2.05) is 18.2 Å². The number of benzene rings is 3. The normalized spacial score (nSPS) is 10.9. The summed E-state index contributed by atoms with van der Waals surface area (Å²) in [6.07, 6.45) is 1.53. The lowest BCUT2D eigenvalue weighted by atomic mass is 10.2. The van der Waals surface area contributed by atoms with Crippen molar-refractivity contribution in [1.29, 1.82) is 0 Å². The molecule has 0 heterocycles. The molecule has 0 unspecified atom stereocenters. The molecule has 8 heteroatoms. The highest BCUT2D eigenvalue weighted by Crippen LogP contribution is 2.28.